The third-order valence-corrected chi connectivity index (χ3v) is 7.09. The number of hydrogen-bond acceptors (Lipinski definition) is 4. The zero-order valence-electron chi connectivity index (χ0n) is 17.1. The minimum absolute atomic E-state index is 0. The van der Waals surface area contributed by atoms with Gasteiger partial charge < -0.3 is 14.7 Å². The van der Waals surface area contributed by atoms with Crippen molar-refractivity contribution in [3.05, 3.63) is 33.3 Å². The lowest BCUT2D eigenvalue weighted by Crippen LogP contribution is -2.58. The van der Waals surface area contributed by atoms with E-state index in [1.165, 1.54) is 12.8 Å². The molecule has 1 aromatic rings. The molecule has 0 aromatic heterocycles. The van der Waals surface area contributed by atoms with Crippen molar-refractivity contribution in [3.63, 3.8) is 0 Å². The summed E-state index contributed by atoms with van der Waals surface area (Å²) < 4.78 is 0. The maximum atomic E-state index is 13.6. The third kappa shape index (κ3) is 5.25. The van der Waals surface area contributed by atoms with Crippen molar-refractivity contribution in [1.29, 1.82) is 0 Å². The van der Waals surface area contributed by atoms with Crippen LogP contribution in [0.15, 0.2) is 12.1 Å². The van der Waals surface area contributed by atoms with E-state index < -0.39 is 0 Å². The fraction of sp³-hybridized carbons (Fsp3) is 0.619. The van der Waals surface area contributed by atoms with Crippen molar-refractivity contribution in [1.82, 2.24) is 14.7 Å². The summed E-state index contributed by atoms with van der Waals surface area (Å²) in [4.78, 5) is 32.8. The van der Waals surface area contributed by atoms with Gasteiger partial charge in [-0.05, 0) is 57.1 Å². The predicted molar refractivity (Wildman–Crippen MR) is 126 cm³/mol. The summed E-state index contributed by atoms with van der Waals surface area (Å²) >= 11 is 12.4. The lowest BCUT2D eigenvalue weighted by atomic mass is 9.81. The number of hydrogen-bond donors (Lipinski definition) is 0. The zero-order valence-corrected chi connectivity index (χ0v) is 20.3. The first kappa shape index (κ1) is 25.7. The van der Waals surface area contributed by atoms with Gasteiger partial charge in [0, 0.05) is 38.2 Å². The van der Waals surface area contributed by atoms with Crippen molar-refractivity contribution in [2.24, 2.45) is 0 Å². The Labute approximate surface area is 200 Å². The zero-order chi connectivity index (χ0) is 19.8. The molecule has 3 aliphatic rings. The van der Waals surface area contributed by atoms with Gasteiger partial charge >= 0.3 is 0 Å². The number of carbonyl (C=O) groups excluding carboxylic acids is 2. The summed E-state index contributed by atoms with van der Waals surface area (Å²) in [7, 11) is 2.12. The molecular weight excluding hydrogens is 468 g/mol. The molecule has 5 nitrogen and oxygen atoms in total. The molecule has 2 unspecified atom stereocenters. The van der Waals surface area contributed by atoms with Crippen molar-refractivity contribution in [2.45, 2.75) is 37.6 Å². The number of fused-ring (bicyclic) bond motifs is 1. The number of likely N-dealkylation sites (tertiary alicyclic amines) is 1. The van der Waals surface area contributed by atoms with Crippen molar-refractivity contribution >= 4 is 59.7 Å². The smallest absolute Gasteiger partial charge is 0.230 e. The number of benzene rings is 1. The van der Waals surface area contributed by atoms with Crippen LogP contribution in [0.4, 0.5) is 0 Å². The van der Waals surface area contributed by atoms with Crippen molar-refractivity contribution in [2.75, 3.05) is 46.3 Å². The molecule has 0 N–H and O–H groups in total. The number of ketones is 1. The molecule has 2 saturated heterocycles. The lowest BCUT2D eigenvalue weighted by molar-refractivity contribution is -0.138. The molecule has 0 saturated carbocycles. The maximum Gasteiger partial charge on any atom is 0.230 e. The molecule has 2 atom stereocenters. The van der Waals surface area contributed by atoms with Gasteiger partial charge in [0.25, 0.3) is 0 Å². The molecule has 2 fully saturated rings. The molecule has 0 radical (unpaired) electrons. The molecule has 168 valence electrons. The van der Waals surface area contributed by atoms with Crippen LogP contribution in [0.5, 0.6) is 0 Å². The van der Waals surface area contributed by atoms with Crippen LogP contribution in [0.25, 0.3) is 0 Å². The first-order chi connectivity index (χ1) is 13.4. The van der Waals surface area contributed by atoms with Crippen LogP contribution in [0, 0.1) is 0 Å². The van der Waals surface area contributed by atoms with Crippen LogP contribution in [-0.4, -0.2) is 78.7 Å². The van der Waals surface area contributed by atoms with E-state index in [1.54, 1.807) is 12.1 Å². The Morgan fingerprint density at radius 2 is 1.73 bits per heavy atom. The Bertz CT molecular complexity index is 786. The number of piperazine rings is 1. The van der Waals surface area contributed by atoms with Crippen molar-refractivity contribution < 1.29 is 9.59 Å². The molecule has 2 heterocycles. The first-order valence-corrected chi connectivity index (χ1v) is 10.9. The van der Waals surface area contributed by atoms with Crippen molar-refractivity contribution in [3.8, 4) is 0 Å². The Morgan fingerprint density at radius 3 is 2.43 bits per heavy atom. The molecule has 0 bridgehead atoms. The Kier molecular flexibility index (Phi) is 9.29. The van der Waals surface area contributed by atoms with Crippen LogP contribution in [0.3, 0.4) is 0 Å². The molecule has 1 aromatic carbocycles. The average Bonchev–Trinajstić information content (AvgIpc) is 3.16. The van der Waals surface area contributed by atoms with E-state index in [0.29, 0.717) is 28.5 Å². The first-order valence-electron chi connectivity index (χ1n) is 10.2. The van der Waals surface area contributed by atoms with Crippen LogP contribution >= 0.6 is 48.0 Å². The summed E-state index contributed by atoms with van der Waals surface area (Å²) in [5.74, 6) is -0.138. The number of Topliss-reactive ketones (excluding diaryl/α,β-unsaturated/α-hetero) is 1. The second-order valence-corrected chi connectivity index (χ2v) is 9.14. The van der Waals surface area contributed by atoms with Gasteiger partial charge in [-0.2, -0.15) is 0 Å². The van der Waals surface area contributed by atoms with E-state index in [-0.39, 0.29) is 48.5 Å². The van der Waals surface area contributed by atoms with Gasteiger partial charge in [-0.15, -0.1) is 24.8 Å². The lowest BCUT2D eigenvalue weighted by Gasteiger charge is -2.43. The third-order valence-electron chi connectivity index (χ3n) is 6.36. The fourth-order valence-electron chi connectivity index (χ4n) is 4.83. The molecule has 30 heavy (non-hydrogen) atoms. The topological polar surface area (TPSA) is 43.9 Å². The highest BCUT2D eigenvalue weighted by Gasteiger charge is 2.38. The molecule has 4 rings (SSSR count). The predicted octanol–water partition coefficient (Wildman–Crippen LogP) is 4.14. The standard InChI is InChI=1S/C21H27Cl2N3O2.2ClH/c1-24-8-9-26(14(12-24)13-25-6-2-3-7-25)21(28)15-4-5-20(27)17-11-19(23)18(22)10-16(15)17;;/h10-11,14-15H,2-9,12-13H2,1H3;2*1H. The Morgan fingerprint density at radius 1 is 1.07 bits per heavy atom. The summed E-state index contributed by atoms with van der Waals surface area (Å²) in [5.41, 5.74) is 1.30. The van der Waals surface area contributed by atoms with Crippen LogP contribution < -0.4 is 0 Å². The molecule has 1 aliphatic carbocycles. The summed E-state index contributed by atoms with van der Waals surface area (Å²) in [6.45, 7) is 5.67. The normalized spacial score (nSPS) is 24.8. The quantitative estimate of drug-likeness (QED) is 0.630. The van der Waals surface area contributed by atoms with Gasteiger partial charge in [0.15, 0.2) is 5.78 Å². The number of rotatable bonds is 3. The average molecular weight is 497 g/mol. The summed E-state index contributed by atoms with van der Waals surface area (Å²) in [6, 6.07) is 3.55. The largest absolute Gasteiger partial charge is 0.335 e. The van der Waals surface area contributed by atoms with Gasteiger partial charge in [0.1, 0.15) is 0 Å². The summed E-state index contributed by atoms with van der Waals surface area (Å²) in [6.07, 6.45) is 3.42. The molecule has 1 amide bonds. The van der Waals surface area contributed by atoms with E-state index in [0.717, 1.165) is 44.8 Å². The number of nitrogens with zero attached hydrogens (tertiary/aromatic N) is 3. The van der Waals surface area contributed by atoms with Crippen LogP contribution in [0.1, 0.15) is 47.5 Å². The number of likely N-dealkylation sites (N-methyl/N-ethyl adjacent to an activating group) is 1. The van der Waals surface area contributed by atoms with Gasteiger partial charge in [0.05, 0.1) is 22.0 Å². The van der Waals surface area contributed by atoms with E-state index in [1.807, 2.05) is 0 Å². The number of amides is 1. The second-order valence-electron chi connectivity index (χ2n) is 8.32. The summed E-state index contributed by atoms with van der Waals surface area (Å²) in [5, 5.41) is 0.772. The van der Waals surface area contributed by atoms with E-state index >= 15 is 0 Å². The highest BCUT2D eigenvalue weighted by Crippen LogP contribution is 2.38. The van der Waals surface area contributed by atoms with E-state index in [9.17, 15) is 9.59 Å². The molecule has 9 heteroatoms. The monoisotopic (exact) mass is 495 g/mol. The maximum absolute atomic E-state index is 13.6. The van der Waals surface area contributed by atoms with Gasteiger partial charge in [-0.1, -0.05) is 23.2 Å². The van der Waals surface area contributed by atoms with Gasteiger partial charge in [-0.25, -0.2) is 0 Å². The molecule has 2 aliphatic heterocycles. The van der Waals surface area contributed by atoms with Gasteiger partial charge in [0.2, 0.25) is 5.91 Å². The molecule has 0 spiro atoms. The Hall–Kier alpha value is -0.560. The van der Waals surface area contributed by atoms with Crippen LogP contribution in [0.2, 0.25) is 10.0 Å². The minimum atomic E-state index is -0.313. The van der Waals surface area contributed by atoms with Crippen LogP contribution in [-0.2, 0) is 4.79 Å². The van der Waals surface area contributed by atoms with E-state index in [2.05, 4.69) is 21.7 Å². The minimum Gasteiger partial charge on any atom is -0.335 e. The van der Waals surface area contributed by atoms with Gasteiger partial charge in [-0.3, -0.25) is 9.59 Å². The molecular formula is C21H29Cl4N3O2. The SMILES string of the molecule is CN1CCN(C(=O)C2CCC(=O)c3cc(Cl)c(Cl)cc32)C(CN2CCCC2)C1.Cl.Cl. The second kappa shape index (κ2) is 10.8. The number of halogens is 4. The van der Waals surface area contributed by atoms with E-state index in [4.69, 9.17) is 23.2 Å². The highest BCUT2D eigenvalue weighted by atomic mass is 35.5. The fourth-order valence-corrected chi connectivity index (χ4v) is 5.17. The number of carbonyl (C=O) groups is 2. The Balaban J connectivity index is 0.00000160. The highest BCUT2D eigenvalue weighted by molar-refractivity contribution is 6.42.